The van der Waals surface area contributed by atoms with Crippen molar-refractivity contribution in [3.8, 4) is 11.8 Å². The van der Waals surface area contributed by atoms with E-state index in [4.69, 9.17) is 0 Å². The Morgan fingerprint density at radius 2 is 1.41 bits per heavy atom. The molecule has 84 valence electrons. The molecule has 0 aliphatic rings. The Hall–Kier alpha value is -2.00. The van der Waals surface area contributed by atoms with E-state index in [-0.39, 0.29) is 0 Å². The van der Waals surface area contributed by atoms with E-state index >= 15 is 0 Å². The predicted molar refractivity (Wildman–Crippen MR) is 73.1 cm³/mol. The normalized spacial score (nSPS) is 9.59. The van der Waals surface area contributed by atoms with Gasteiger partial charge in [0, 0.05) is 11.1 Å². The summed E-state index contributed by atoms with van der Waals surface area (Å²) in [5.74, 6) is 6.45. The van der Waals surface area contributed by atoms with Crippen molar-refractivity contribution in [1.29, 1.82) is 0 Å². The van der Waals surface area contributed by atoms with Crippen LogP contribution in [-0.2, 0) is 0 Å². The second-order valence-corrected chi connectivity index (χ2v) is 4.30. The summed E-state index contributed by atoms with van der Waals surface area (Å²) in [6, 6.07) is 14.3. The number of hydrogen-bond acceptors (Lipinski definition) is 0. The second kappa shape index (κ2) is 4.89. The standard InChI is InChI=1S/C17H16/c1-13-9-11-17(15(3)14(13)2)12-10-16-7-5-4-6-8-16/h4-9,11H,1-3H3. The fourth-order valence-corrected chi connectivity index (χ4v) is 1.75. The highest BCUT2D eigenvalue weighted by Crippen LogP contribution is 2.16. The first-order valence-corrected chi connectivity index (χ1v) is 5.82. The van der Waals surface area contributed by atoms with Crippen molar-refractivity contribution >= 4 is 0 Å². The van der Waals surface area contributed by atoms with Crippen molar-refractivity contribution in [3.05, 3.63) is 70.3 Å². The fourth-order valence-electron chi connectivity index (χ4n) is 1.75. The van der Waals surface area contributed by atoms with Crippen LogP contribution in [0, 0.1) is 32.6 Å². The van der Waals surface area contributed by atoms with Crippen LogP contribution in [0.15, 0.2) is 42.5 Å². The lowest BCUT2D eigenvalue weighted by Crippen LogP contribution is -1.90. The first-order valence-electron chi connectivity index (χ1n) is 5.82. The Morgan fingerprint density at radius 1 is 0.706 bits per heavy atom. The summed E-state index contributed by atoms with van der Waals surface area (Å²) in [6.07, 6.45) is 0. The van der Waals surface area contributed by atoms with Crippen molar-refractivity contribution in [3.63, 3.8) is 0 Å². The molecule has 0 amide bonds. The van der Waals surface area contributed by atoms with Crippen molar-refractivity contribution in [2.45, 2.75) is 20.8 Å². The quantitative estimate of drug-likeness (QED) is 0.588. The number of rotatable bonds is 0. The summed E-state index contributed by atoms with van der Waals surface area (Å²) in [5, 5.41) is 0. The lowest BCUT2D eigenvalue weighted by molar-refractivity contribution is 1.25. The Morgan fingerprint density at radius 3 is 2.12 bits per heavy atom. The summed E-state index contributed by atoms with van der Waals surface area (Å²) >= 11 is 0. The topological polar surface area (TPSA) is 0 Å². The molecule has 0 unspecified atom stereocenters. The van der Waals surface area contributed by atoms with E-state index in [0.29, 0.717) is 0 Å². The zero-order valence-corrected chi connectivity index (χ0v) is 10.5. The number of aryl methyl sites for hydroxylation is 1. The molecule has 0 fully saturated rings. The molecule has 0 saturated carbocycles. The molecule has 0 bridgehead atoms. The highest BCUT2D eigenvalue weighted by molar-refractivity contribution is 5.50. The third kappa shape index (κ3) is 2.57. The Bertz CT molecular complexity index is 581. The Balaban J connectivity index is 2.38. The maximum atomic E-state index is 3.25. The molecule has 17 heavy (non-hydrogen) atoms. The molecule has 2 aromatic rings. The molecule has 0 radical (unpaired) electrons. The summed E-state index contributed by atoms with van der Waals surface area (Å²) < 4.78 is 0. The van der Waals surface area contributed by atoms with E-state index in [1.807, 2.05) is 30.3 Å². The van der Waals surface area contributed by atoms with E-state index in [9.17, 15) is 0 Å². The molecule has 0 nitrogen and oxygen atoms in total. The lowest BCUT2D eigenvalue weighted by atomic mass is 9.99. The zero-order chi connectivity index (χ0) is 12.3. The first kappa shape index (κ1) is 11.5. The maximum absolute atomic E-state index is 3.25. The molecule has 0 atom stereocenters. The minimum atomic E-state index is 1.06. The van der Waals surface area contributed by atoms with Gasteiger partial charge in [-0.15, -0.1) is 0 Å². The van der Waals surface area contributed by atoms with Crippen LogP contribution >= 0.6 is 0 Å². The fraction of sp³-hybridized carbons (Fsp3) is 0.176. The van der Waals surface area contributed by atoms with E-state index in [1.54, 1.807) is 0 Å². The van der Waals surface area contributed by atoms with Crippen LogP contribution in [0.5, 0.6) is 0 Å². The van der Waals surface area contributed by atoms with Crippen molar-refractivity contribution in [2.24, 2.45) is 0 Å². The van der Waals surface area contributed by atoms with Gasteiger partial charge in [-0.05, 0) is 55.7 Å². The Kier molecular flexibility index (Phi) is 3.30. The van der Waals surface area contributed by atoms with Crippen molar-refractivity contribution in [1.82, 2.24) is 0 Å². The van der Waals surface area contributed by atoms with Gasteiger partial charge >= 0.3 is 0 Å². The molecule has 0 spiro atoms. The van der Waals surface area contributed by atoms with Gasteiger partial charge < -0.3 is 0 Å². The van der Waals surface area contributed by atoms with Crippen LogP contribution in [0.1, 0.15) is 27.8 Å². The van der Waals surface area contributed by atoms with Crippen LogP contribution in [-0.4, -0.2) is 0 Å². The average Bonchev–Trinajstić information content (AvgIpc) is 2.36. The van der Waals surface area contributed by atoms with Crippen LogP contribution in [0.2, 0.25) is 0 Å². The molecule has 2 rings (SSSR count). The maximum Gasteiger partial charge on any atom is 0.0281 e. The average molecular weight is 220 g/mol. The van der Waals surface area contributed by atoms with E-state index in [0.717, 1.165) is 11.1 Å². The highest BCUT2D eigenvalue weighted by Gasteiger charge is 2.00. The van der Waals surface area contributed by atoms with Crippen LogP contribution in [0.4, 0.5) is 0 Å². The number of benzene rings is 2. The van der Waals surface area contributed by atoms with Gasteiger partial charge in [-0.2, -0.15) is 0 Å². The zero-order valence-electron chi connectivity index (χ0n) is 10.5. The van der Waals surface area contributed by atoms with Gasteiger partial charge in [-0.25, -0.2) is 0 Å². The van der Waals surface area contributed by atoms with Crippen LogP contribution in [0.3, 0.4) is 0 Å². The highest BCUT2D eigenvalue weighted by atomic mass is 14.0. The third-order valence-corrected chi connectivity index (χ3v) is 3.17. The summed E-state index contributed by atoms with van der Waals surface area (Å²) in [5.41, 5.74) is 6.13. The molecule has 0 aliphatic carbocycles. The minimum absolute atomic E-state index is 1.06. The molecule has 0 heteroatoms. The predicted octanol–water partition coefficient (Wildman–Crippen LogP) is 4.01. The monoisotopic (exact) mass is 220 g/mol. The molecular formula is C17H16. The van der Waals surface area contributed by atoms with E-state index in [2.05, 4.69) is 44.7 Å². The SMILES string of the molecule is Cc1ccc(C#Cc2ccccc2)c(C)c1C. The van der Waals surface area contributed by atoms with Gasteiger partial charge in [0.25, 0.3) is 0 Å². The van der Waals surface area contributed by atoms with Gasteiger partial charge in [0.1, 0.15) is 0 Å². The summed E-state index contributed by atoms with van der Waals surface area (Å²) in [7, 11) is 0. The molecule has 2 aromatic carbocycles. The van der Waals surface area contributed by atoms with Gasteiger partial charge in [-0.1, -0.05) is 36.1 Å². The molecule has 0 N–H and O–H groups in total. The minimum Gasteiger partial charge on any atom is -0.0622 e. The van der Waals surface area contributed by atoms with Crippen LogP contribution in [0.25, 0.3) is 0 Å². The molecule has 0 heterocycles. The summed E-state index contributed by atoms with van der Waals surface area (Å²) in [4.78, 5) is 0. The Labute approximate surface area is 103 Å². The molecular weight excluding hydrogens is 204 g/mol. The van der Waals surface area contributed by atoms with Gasteiger partial charge in [0.05, 0.1) is 0 Å². The van der Waals surface area contributed by atoms with Crippen molar-refractivity contribution < 1.29 is 0 Å². The first-order chi connectivity index (χ1) is 8.18. The molecule has 0 aromatic heterocycles. The summed E-state index contributed by atoms with van der Waals surface area (Å²) in [6.45, 7) is 6.42. The van der Waals surface area contributed by atoms with Gasteiger partial charge in [-0.3, -0.25) is 0 Å². The van der Waals surface area contributed by atoms with Gasteiger partial charge in [0.2, 0.25) is 0 Å². The second-order valence-electron chi connectivity index (χ2n) is 4.30. The molecule has 0 saturated heterocycles. The van der Waals surface area contributed by atoms with Crippen LogP contribution < -0.4 is 0 Å². The smallest absolute Gasteiger partial charge is 0.0281 e. The lowest BCUT2D eigenvalue weighted by Gasteiger charge is -2.05. The van der Waals surface area contributed by atoms with E-state index < -0.39 is 0 Å². The van der Waals surface area contributed by atoms with E-state index in [1.165, 1.54) is 16.7 Å². The van der Waals surface area contributed by atoms with Gasteiger partial charge in [0.15, 0.2) is 0 Å². The molecule has 0 aliphatic heterocycles. The third-order valence-electron chi connectivity index (χ3n) is 3.17. The van der Waals surface area contributed by atoms with Crippen molar-refractivity contribution in [2.75, 3.05) is 0 Å². The largest absolute Gasteiger partial charge is 0.0622 e. The number of hydrogen-bond donors (Lipinski definition) is 0.